The lowest BCUT2D eigenvalue weighted by Crippen LogP contribution is -2.38. The predicted molar refractivity (Wildman–Crippen MR) is 80.5 cm³/mol. The minimum Gasteiger partial charge on any atom is -0.327 e. The first-order chi connectivity index (χ1) is 10.4. The van der Waals surface area contributed by atoms with Crippen molar-refractivity contribution >= 4 is 0 Å². The summed E-state index contributed by atoms with van der Waals surface area (Å²) >= 11 is 0. The molecule has 1 aromatic carbocycles. The first-order valence-electron chi connectivity index (χ1n) is 8.07. The van der Waals surface area contributed by atoms with Crippen LogP contribution in [0.15, 0.2) is 18.2 Å². The van der Waals surface area contributed by atoms with Gasteiger partial charge in [-0.2, -0.15) is 13.2 Å². The molecule has 0 saturated carbocycles. The fraction of sp³-hybridized carbons (Fsp3) is 0.647. The van der Waals surface area contributed by atoms with Crippen molar-refractivity contribution in [3.8, 4) is 0 Å². The van der Waals surface area contributed by atoms with Gasteiger partial charge in [-0.1, -0.05) is 18.2 Å². The van der Waals surface area contributed by atoms with Gasteiger partial charge in [0.1, 0.15) is 0 Å². The Bertz CT molecular complexity index is 519. The van der Waals surface area contributed by atoms with Gasteiger partial charge in [0.15, 0.2) is 0 Å². The van der Waals surface area contributed by atoms with E-state index in [4.69, 9.17) is 5.73 Å². The van der Waals surface area contributed by atoms with Crippen LogP contribution in [0.1, 0.15) is 36.0 Å². The van der Waals surface area contributed by atoms with E-state index in [1.807, 2.05) is 0 Å². The summed E-state index contributed by atoms with van der Waals surface area (Å²) in [5.41, 5.74) is 9.89. The maximum atomic E-state index is 12.7. The third-order valence-electron chi connectivity index (χ3n) is 4.99. The molecule has 22 heavy (non-hydrogen) atoms. The second kappa shape index (κ2) is 6.20. The van der Waals surface area contributed by atoms with Gasteiger partial charge in [0.2, 0.25) is 0 Å². The van der Waals surface area contributed by atoms with Crippen molar-refractivity contribution in [1.82, 2.24) is 4.90 Å². The molecule has 1 aromatic rings. The molecule has 1 fully saturated rings. The van der Waals surface area contributed by atoms with Gasteiger partial charge < -0.3 is 5.73 Å². The fourth-order valence-corrected chi connectivity index (χ4v) is 3.61. The Kier molecular flexibility index (Phi) is 4.46. The van der Waals surface area contributed by atoms with E-state index in [0.717, 1.165) is 25.8 Å². The van der Waals surface area contributed by atoms with Crippen LogP contribution in [0.3, 0.4) is 0 Å². The highest BCUT2D eigenvalue weighted by atomic mass is 19.4. The number of aryl methyl sites for hydroxylation is 1. The molecule has 0 bridgehead atoms. The Hall–Kier alpha value is -1.07. The summed E-state index contributed by atoms with van der Waals surface area (Å²) in [5.74, 6) is -1.12. The Balaban J connectivity index is 1.58. The van der Waals surface area contributed by atoms with Crippen LogP contribution in [0.5, 0.6) is 0 Å². The number of likely N-dealkylation sites (tertiary alicyclic amines) is 1. The summed E-state index contributed by atoms with van der Waals surface area (Å²) in [7, 11) is 0. The Morgan fingerprint density at radius 1 is 1.09 bits per heavy atom. The molecule has 1 heterocycles. The highest BCUT2D eigenvalue weighted by molar-refractivity contribution is 5.34. The van der Waals surface area contributed by atoms with Crippen molar-refractivity contribution in [2.24, 2.45) is 11.7 Å². The molecule has 0 aromatic heterocycles. The first kappa shape index (κ1) is 15.8. The average Bonchev–Trinajstić information content (AvgIpc) is 2.47. The monoisotopic (exact) mass is 312 g/mol. The fourth-order valence-electron chi connectivity index (χ4n) is 3.61. The van der Waals surface area contributed by atoms with Crippen molar-refractivity contribution in [2.45, 2.75) is 50.9 Å². The van der Waals surface area contributed by atoms with Crippen molar-refractivity contribution in [1.29, 1.82) is 0 Å². The lowest BCUT2D eigenvalue weighted by Gasteiger charge is -2.33. The van der Waals surface area contributed by atoms with Crippen LogP contribution in [0.4, 0.5) is 13.2 Å². The average molecular weight is 312 g/mol. The molecule has 122 valence electrons. The highest BCUT2D eigenvalue weighted by Crippen LogP contribution is 2.34. The van der Waals surface area contributed by atoms with Gasteiger partial charge in [0.05, 0.1) is 5.92 Å². The van der Waals surface area contributed by atoms with Crippen LogP contribution in [-0.2, 0) is 19.4 Å². The van der Waals surface area contributed by atoms with Crippen molar-refractivity contribution in [3.05, 3.63) is 34.9 Å². The minimum atomic E-state index is -4.03. The molecular weight excluding hydrogens is 289 g/mol. The van der Waals surface area contributed by atoms with Crippen molar-refractivity contribution in [2.75, 3.05) is 13.1 Å². The van der Waals surface area contributed by atoms with Gasteiger partial charge in [-0.25, -0.2) is 0 Å². The minimum absolute atomic E-state index is 0.225. The molecule has 1 unspecified atom stereocenters. The summed E-state index contributed by atoms with van der Waals surface area (Å²) in [5, 5.41) is 0. The third-order valence-corrected chi connectivity index (χ3v) is 4.99. The second-order valence-corrected chi connectivity index (χ2v) is 6.70. The number of nitrogens with zero attached hydrogens (tertiary/aromatic N) is 1. The molecule has 0 amide bonds. The van der Waals surface area contributed by atoms with Gasteiger partial charge in [-0.05, 0) is 61.9 Å². The molecule has 2 nitrogen and oxygen atoms in total. The number of piperidine rings is 1. The van der Waals surface area contributed by atoms with E-state index in [9.17, 15) is 13.2 Å². The molecule has 2 aliphatic rings. The van der Waals surface area contributed by atoms with Gasteiger partial charge in [0.25, 0.3) is 0 Å². The standard InChI is InChI=1S/C17H23F3N2/c18-17(19,20)15-5-7-22(8-6-15)11-12-1-2-14-10-16(21)4-3-13(14)9-12/h1-2,9,15-16H,3-8,10-11,21H2. The molecule has 0 spiro atoms. The molecule has 5 heteroatoms. The third kappa shape index (κ3) is 3.63. The summed E-state index contributed by atoms with van der Waals surface area (Å²) in [6, 6.07) is 6.73. The Labute approximate surface area is 129 Å². The van der Waals surface area contributed by atoms with E-state index in [-0.39, 0.29) is 18.9 Å². The molecule has 2 N–H and O–H groups in total. The maximum absolute atomic E-state index is 12.7. The van der Waals surface area contributed by atoms with Crippen LogP contribution < -0.4 is 5.73 Å². The van der Waals surface area contributed by atoms with Crippen molar-refractivity contribution < 1.29 is 13.2 Å². The van der Waals surface area contributed by atoms with Crippen LogP contribution >= 0.6 is 0 Å². The van der Waals surface area contributed by atoms with Gasteiger partial charge in [-0.15, -0.1) is 0 Å². The zero-order chi connectivity index (χ0) is 15.7. The lowest BCUT2D eigenvalue weighted by atomic mass is 9.87. The smallest absolute Gasteiger partial charge is 0.327 e. The van der Waals surface area contributed by atoms with Gasteiger partial charge >= 0.3 is 6.18 Å². The number of alkyl halides is 3. The van der Waals surface area contributed by atoms with Crippen LogP contribution in [-0.4, -0.2) is 30.2 Å². The summed E-state index contributed by atoms with van der Waals surface area (Å²) < 4.78 is 38.1. The van der Waals surface area contributed by atoms with Crippen LogP contribution in [0.25, 0.3) is 0 Å². The largest absolute Gasteiger partial charge is 0.391 e. The zero-order valence-corrected chi connectivity index (χ0v) is 12.7. The number of benzene rings is 1. The number of nitrogens with two attached hydrogens (primary N) is 1. The maximum Gasteiger partial charge on any atom is 0.391 e. The molecule has 1 aliphatic carbocycles. The van der Waals surface area contributed by atoms with E-state index in [0.29, 0.717) is 13.1 Å². The Morgan fingerprint density at radius 3 is 2.50 bits per heavy atom. The van der Waals surface area contributed by atoms with E-state index in [1.165, 1.54) is 16.7 Å². The summed E-state index contributed by atoms with van der Waals surface area (Å²) in [6.07, 6.45) is -0.607. The second-order valence-electron chi connectivity index (χ2n) is 6.70. The van der Waals surface area contributed by atoms with E-state index >= 15 is 0 Å². The van der Waals surface area contributed by atoms with E-state index in [2.05, 4.69) is 23.1 Å². The molecule has 0 radical (unpaired) electrons. The predicted octanol–water partition coefficient (Wildman–Crippen LogP) is 3.28. The van der Waals surface area contributed by atoms with Crippen molar-refractivity contribution in [3.63, 3.8) is 0 Å². The summed E-state index contributed by atoms with van der Waals surface area (Å²) in [6.45, 7) is 1.82. The number of hydrogen-bond donors (Lipinski definition) is 1. The van der Waals surface area contributed by atoms with Crippen LogP contribution in [0.2, 0.25) is 0 Å². The zero-order valence-electron chi connectivity index (χ0n) is 12.7. The van der Waals surface area contributed by atoms with E-state index in [1.54, 1.807) is 0 Å². The lowest BCUT2D eigenvalue weighted by molar-refractivity contribution is -0.185. The number of rotatable bonds is 2. The number of fused-ring (bicyclic) bond motifs is 1. The quantitative estimate of drug-likeness (QED) is 0.908. The summed E-state index contributed by atoms with van der Waals surface area (Å²) in [4.78, 5) is 2.14. The van der Waals surface area contributed by atoms with E-state index < -0.39 is 12.1 Å². The van der Waals surface area contributed by atoms with Crippen LogP contribution in [0, 0.1) is 5.92 Å². The highest BCUT2D eigenvalue weighted by Gasteiger charge is 2.40. The van der Waals surface area contributed by atoms with Gasteiger partial charge in [-0.3, -0.25) is 4.90 Å². The number of halogens is 3. The molecule has 1 saturated heterocycles. The number of hydrogen-bond acceptors (Lipinski definition) is 2. The van der Waals surface area contributed by atoms with Gasteiger partial charge in [0, 0.05) is 12.6 Å². The normalized spacial score (nSPS) is 24.3. The SMILES string of the molecule is NC1CCc2cc(CN3CCC(C(F)(F)F)CC3)ccc2C1. The Morgan fingerprint density at radius 2 is 1.82 bits per heavy atom. The first-order valence-corrected chi connectivity index (χ1v) is 8.07. The molecule has 3 rings (SSSR count). The molecule has 1 aliphatic heterocycles. The molecular formula is C17H23F3N2. The topological polar surface area (TPSA) is 29.3 Å². The molecule has 1 atom stereocenters.